The molecule has 0 saturated heterocycles. The molecule has 0 saturated carbocycles. The molecule has 3 aromatic rings. The van der Waals surface area contributed by atoms with Gasteiger partial charge in [-0.3, -0.25) is 4.68 Å². The van der Waals surface area contributed by atoms with Gasteiger partial charge in [-0.25, -0.2) is 4.68 Å². The standard InChI is InChI=1S/C20H26N6/c1-14(2)19-20(22-24-26(19)13-15-8-5-4-6-9-15)21-12-18-16-10-7-11-17(16)23-25(18)3/h4-6,8-9,14,21H,7,10-13H2,1-3H3. The molecule has 0 unspecified atom stereocenters. The highest BCUT2D eigenvalue weighted by atomic mass is 15.5. The van der Waals surface area contributed by atoms with Crippen molar-refractivity contribution in [3.8, 4) is 0 Å². The predicted octanol–water partition coefficient (Wildman–Crippen LogP) is 3.28. The Bertz CT molecular complexity index is 891. The van der Waals surface area contributed by atoms with E-state index in [2.05, 4.69) is 58.8 Å². The third kappa shape index (κ3) is 3.11. The fourth-order valence-corrected chi connectivity index (χ4v) is 3.87. The lowest BCUT2D eigenvalue weighted by Crippen LogP contribution is -2.11. The van der Waals surface area contributed by atoms with E-state index in [1.165, 1.54) is 28.9 Å². The zero-order valence-electron chi connectivity index (χ0n) is 15.7. The molecule has 0 fully saturated rings. The average molecular weight is 350 g/mol. The molecule has 6 heteroatoms. The molecule has 4 rings (SSSR count). The number of hydrogen-bond acceptors (Lipinski definition) is 4. The van der Waals surface area contributed by atoms with Gasteiger partial charge in [0.1, 0.15) is 0 Å². The van der Waals surface area contributed by atoms with Crippen LogP contribution in [0.1, 0.15) is 54.4 Å². The van der Waals surface area contributed by atoms with Gasteiger partial charge >= 0.3 is 0 Å². The van der Waals surface area contributed by atoms with Gasteiger partial charge in [0.05, 0.1) is 30.2 Å². The number of nitrogens with one attached hydrogen (secondary N) is 1. The van der Waals surface area contributed by atoms with Crippen molar-refractivity contribution >= 4 is 5.82 Å². The SMILES string of the molecule is CC(C)c1c(NCc2c3c(nn2C)CCC3)nnn1Cc1ccccc1. The minimum atomic E-state index is 0.341. The van der Waals surface area contributed by atoms with Gasteiger partial charge in [-0.15, -0.1) is 5.10 Å². The second kappa shape index (κ2) is 6.94. The van der Waals surface area contributed by atoms with Crippen molar-refractivity contribution in [3.63, 3.8) is 0 Å². The summed E-state index contributed by atoms with van der Waals surface area (Å²) in [6, 6.07) is 10.4. The third-order valence-electron chi connectivity index (χ3n) is 5.12. The Kier molecular flexibility index (Phi) is 4.49. The van der Waals surface area contributed by atoms with E-state index in [0.717, 1.165) is 37.4 Å². The molecule has 2 aromatic heterocycles. The Morgan fingerprint density at radius 3 is 2.73 bits per heavy atom. The lowest BCUT2D eigenvalue weighted by molar-refractivity contribution is 0.598. The fourth-order valence-electron chi connectivity index (χ4n) is 3.87. The third-order valence-corrected chi connectivity index (χ3v) is 5.12. The summed E-state index contributed by atoms with van der Waals surface area (Å²) in [4.78, 5) is 0. The van der Waals surface area contributed by atoms with Crippen LogP contribution in [0.25, 0.3) is 0 Å². The first-order valence-corrected chi connectivity index (χ1v) is 9.38. The van der Waals surface area contributed by atoms with E-state index in [4.69, 9.17) is 0 Å². The molecule has 0 amide bonds. The monoisotopic (exact) mass is 350 g/mol. The van der Waals surface area contributed by atoms with Crippen molar-refractivity contribution in [3.05, 3.63) is 58.5 Å². The number of benzene rings is 1. The number of anilines is 1. The molecular formula is C20H26N6. The van der Waals surface area contributed by atoms with E-state index in [1.807, 2.05) is 22.5 Å². The maximum Gasteiger partial charge on any atom is 0.172 e. The van der Waals surface area contributed by atoms with Crippen LogP contribution >= 0.6 is 0 Å². The minimum absolute atomic E-state index is 0.341. The Labute approximate surface area is 154 Å². The topological polar surface area (TPSA) is 60.6 Å². The van der Waals surface area contributed by atoms with Crippen molar-refractivity contribution in [2.45, 2.75) is 52.1 Å². The highest BCUT2D eigenvalue weighted by Gasteiger charge is 2.22. The van der Waals surface area contributed by atoms with Gasteiger partial charge in [-0.05, 0) is 36.3 Å². The predicted molar refractivity (Wildman–Crippen MR) is 102 cm³/mol. The van der Waals surface area contributed by atoms with Crippen molar-refractivity contribution in [2.24, 2.45) is 7.05 Å². The first-order valence-electron chi connectivity index (χ1n) is 9.38. The minimum Gasteiger partial charge on any atom is -0.361 e. The summed E-state index contributed by atoms with van der Waals surface area (Å²) in [6.45, 7) is 5.85. The van der Waals surface area contributed by atoms with Gasteiger partial charge < -0.3 is 5.32 Å². The molecule has 1 aromatic carbocycles. The summed E-state index contributed by atoms with van der Waals surface area (Å²) in [5.74, 6) is 1.22. The molecule has 6 nitrogen and oxygen atoms in total. The number of fused-ring (bicyclic) bond motifs is 1. The van der Waals surface area contributed by atoms with Crippen LogP contribution in [-0.4, -0.2) is 24.8 Å². The van der Waals surface area contributed by atoms with Crippen molar-refractivity contribution in [1.82, 2.24) is 24.8 Å². The summed E-state index contributed by atoms with van der Waals surface area (Å²) in [7, 11) is 2.03. The van der Waals surface area contributed by atoms with E-state index < -0.39 is 0 Å². The Balaban J connectivity index is 1.55. The summed E-state index contributed by atoms with van der Waals surface area (Å²) < 4.78 is 4.02. The van der Waals surface area contributed by atoms with E-state index in [0.29, 0.717) is 5.92 Å². The zero-order valence-corrected chi connectivity index (χ0v) is 15.7. The zero-order chi connectivity index (χ0) is 18.1. The van der Waals surface area contributed by atoms with Crippen LogP contribution in [0.5, 0.6) is 0 Å². The van der Waals surface area contributed by atoms with E-state index in [9.17, 15) is 0 Å². The van der Waals surface area contributed by atoms with Gasteiger partial charge in [0, 0.05) is 7.05 Å². The highest BCUT2D eigenvalue weighted by Crippen LogP contribution is 2.27. The molecular weight excluding hydrogens is 324 g/mol. The molecule has 0 aliphatic heterocycles. The number of aryl methyl sites for hydroxylation is 2. The highest BCUT2D eigenvalue weighted by molar-refractivity contribution is 5.43. The van der Waals surface area contributed by atoms with Crippen molar-refractivity contribution < 1.29 is 0 Å². The molecule has 1 aliphatic rings. The molecule has 0 radical (unpaired) electrons. The smallest absolute Gasteiger partial charge is 0.172 e. The first kappa shape index (κ1) is 16.8. The molecule has 136 valence electrons. The van der Waals surface area contributed by atoms with Crippen LogP contribution in [0.3, 0.4) is 0 Å². The van der Waals surface area contributed by atoms with Gasteiger partial charge in [0.2, 0.25) is 0 Å². The summed E-state index contributed by atoms with van der Waals surface area (Å²) in [5.41, 5.74) is 6.33. The summed E-state index contributed by atoms with van der Waals surface area (Å²) >= 11 is 0. The quantitative estimate of drug-likeness (QED) is 0.741. The van der Waals surface area contributed by atoms with Crippen molar-refractivity contribution in [2.75, 3.05) is 5.32 Å². The first-order chi connectivity index (χ1) is 12.6. The molecule has 0 bridgehead atoms. The number of hydrogen-bond donors (Lipinski definition) is 1. The van der Waals surface area contributed by atoms with Gasteiger partial charge in [0.25, 0.3) is 0 Å². The molecule has 0 spiro atoms. The molecule has 2 heterocycles. The number of aromatic nitrogens is 5. The second-order valence-electron chi connectivity index (χ2n) is 7.32. The van der Waals surface area contributed by atoms with Gasteiger partial charge in [0.15, 0.2) is 5.82 Å². The van der Waals surface area contributed by atoms with Crippen LogP contribution in [0.2, 0.25) is 0 Å². The van der Waals surface area contributed by atoms with E-state index in [-0.39, 0.29) is 0 Å². The maximum atomic E-state index is 4.66. The molecule has 1 N–H and O–H groups in total. The molecule has 1 aliphatic carbocycles. The van der Waals surface area contributed by atoms with E-state index in [1.54, 1.807) is 0 Å². The largest absolute Gasteiger partial charge is 0.361 e. The second-order valence-corrected chi connectivity index (χ2v) is 7.32. The molecule has 26 heavy (non-hydrogen) atoms. The fraction of sp³-hybridized carbons (Fsp3) is 0.450. The lowest BCUT2D eigenvalue weighted by atomic mass is 10.1. The summed E-state index contributed by atoms with van der Waals surface area (Å²) in [5, 5.41) is 17.0. The maximum absolute atomic E-state index is 4.66. The lowest BCUT2D eigenvalue weighted by Gasteiger charge is -2.13. The van der Waals surface area contributed by atoms with Crippen LogP contribution in [-0.2, 0) is 33.0 Å². The number of nitrogens with zero attached hydrogens (tertiary/aromatic N) is 5. The average Bonchev–Trinajstić information content (AvgIpc) is 3.29. The van der Waals surface area contributed by atoms with Gasteiger partial charge in [-0.2, -0.15) is 5.10 Å². The Morgan fingerprint density at radius 1 is 1.15 bits per heavy atom. The van der Waals surface area contributed by atoms with E-state index >= 15 is 0 Å². The Morgan fingerprint density at radius 2 is 1.96 bits per heavy atom. The van der Waals surface area contributed by atoms with Crippen molar-refractivity contribution in [1.29, 1.82) is 0 Å². The normalized spacial score (nSPS) is 13.4. The Hall–Kier alpha value is -2.63. The van der Waals surface area contributed by atoms with Crippen LogP contribution in [0.4, 0.5) is 5.82 Å². The summed E-state index contributed by atoms with van der Waals surface area (Å²) in [6.07, 6.45) is 3.46. The number of rotatable bonds is 6. The van der Waals surface area contributed by atoms with Crippen LogP contribution in [0.15, 0.2) is 30.3 Å². The molecule has 0 atom stereocenters. The van der Waals surface area contributed by atoms with Crippen LogP contribution < -0.4 is 5.32 Å². The van der Waals surface area contributed by atoms with Crippen LogP contribution in [0, 0.1) is 0 Å². The van der Waals surface area contributed by atoms with Gasteiger partial charge in [-0.1, -0.05) is 49.4 Å².